The Morgan fingerprint density at radius 2 is 2.05 bits per heavy atom. The minimum atomic E-state index is -1.06. The molecule has 0 saturated carbocycles. The van der Waals surface area contributed by atoms with E-state index >= 15 is 0 Å². The Kier molecular flexibility index (Phi) is 3.59. The number of ether oxygens (including phenoxy) is 2. The van der Waals surface area contributed by atoms with Crippen LogP contribution in [-0.4, -0.2) is 29.8 Å². The molecule has 0 saturated heterocycles. The van der Waals surface area contributed by atoms with Crippen molar-refractivity contribution < 1.29 is 24.2 Å². The molecule has 2 N–H and O–H groups in total. The standard InChI is InChI=1S/C13H15NO5/c1-7(2)10(13(16)17)14-12(15)8-4-3-5-9-11(8)19-6-18-9/h3-5,7,10H,6H2,1-2H3,(H,14,15)(H,16,17)/t10-/m0/s1. The molecule has 0 aromatic heterocycles. The van der Waals surface area contributed by atoms with E-state index in [1.54, 1.807) is 32.0 Å². The van der Waals surface area contributed by atoms with E-state index in [0.29, 0.717) is 11.5 Å². The summed E-state index contributed by atoms with van der Waals surface area (Å²) < 4.78 is 10.4. The number of para-hydroxylation sites is 1. The number of aliphatic carboxylic acids is 1. The van der Waals surface area contributed by atoms with E-state index in [1.807, 2.05) is 0 Å². The zero-order chi connectivity index (χ0) is 14.0. The van der Waals surface area contributed by atoms with Crippen LogP contribution in [0.3, 0.4) is 0 Å². The average molecular weight is 265 g/mol. The lowest BCUT2D eigenvalue weighted by Crippen LogP contribution is -2.44. The maximum Gasteiger partial charge on any atom is 0.326 e. The lowest BCUT2D eigenvalue weighted by Gasteiger charge is -2.18. The summed E-state index contributed by atoms with van der Waals surface area (Å²) in [6.45, 7) is 3.52. The van der Waals surface area contributed by atoms with E-state index < -0.39 is 17.9 Å². The van der Waals surface area contributed by atoms with Crippen molar-refractivity contribution >= 4 is 11.9 Å². The van der Waals surface area contributed by atoms with E-state index in [1.165, 1.54) is 0 Å². The quantitative estimate of drug-likeness (QED) is 0.856. The van der Waals surface area contributed by atoms with Gasteiger partial charge in [0.05, 0.1) is 5.56 Å². The lowest BCUT2D eigenvalue weighted by atomic mass is 10.0. The van der Waals surface area contributed by atoms with Crippen LogP contribution in [0.2, 0.25) is 0 Å². The third-order valence-electron chi connectivity index (χ3n) is 2.86. The molecule has 0 unspecified atom stereocenters. The minimum Gasteiger partial charge on any atom is -0.480 e. The maximum atomic E-state index is 12.1. The maximum absolute atomic E-state index is 12.1. The molecular formula is C13H15NO5. The summed E-state index contributed by atoms with van der Waals surface area (Å²) in [6.07, 6.45) is 0. The van der Waals surface area contributed by atoms with Gasteiger partial charge in [0.15, 0.2) is 11.5 Å². The van der Waals surface area contributed by atoms with Gasteiger partial charge in [-0.1, -0.05) is 19.9 Å². The molecule has 0 fully saturated rings. The van der Waals surface area contributed by atoms with Gasteiger partial charge in [-0.2, -0.15) is 0 Å². The molecule has 1 heterocycles. The normalized spacial score (nSPS) is 14.3. The highest BCUT2D eigenvalue weighted by atomic mass is 16.7. The number of carbonyl (C=O) groups excluding carboxylic acids is 1. The highest BCUT2D eigenvalue weighted by Crippen LogP contribution is 2.35. The summed E-state index contributed by atoms with van der Waals surface area (Å²) in [5, 5.41) is 11.6. The second-order valence-corrected chi connectivity index (χ2v) is 4.57. The Labute approximate surface area is 110 Å². The third-order valence-corrected chi connectivity index (χ3v) is 2.86. The first kappa shape index (κ1) is 13.2. The fourth-order valence-corrected chi connectivity index (χ4v) is 1.84. The molecule has 0 aliphatic carbocycles. The number of rotatable bonds is 4. The minimum absolute atomic E-state index is 0.0617. The number of carboxylic acid groups (broad SMARTS) is 1. The van der Waals surface area contributed by atoms with Crippen molar-refractivity contribution in [2.45, 2.75) is 19.9 Å². The molecule has 1 amide bonds. The Morgan fingerprint density at radius 3 is 2.68 bits per heavy atom. The summed E-state index contributed by atoms with van der Waals surface area (Å²) in [7, 11) is 0. The van der Waals surface area contributed by atoms with E-state index in [0.717, 1.165) is 0 Å². The Balaban J connectivity index is 2.21. The van der Waals surface area contributed by atoms with Crippen LogP contribution in [0.15, 0.2) is 18.2 Å². The van der Waals surface area contributed by atoms with Gasteiger partial charge >= 0.3 is 5.97 Å². The topological polar surface area (TPSA) is 84.9 Å². The fraction of sp³-hybridized carbons (Fsp3) is 0.385. The Hall–Kier alpha value is -2.24. The van der Waals surface area contributed by atoms with Gasteiger partial charge in [-0.15, -0.1) is 0 Å². The first-order valence-electron chi connectivity index (χ1n) is 5.93. The van der Waals surface area contributed by atoms with Crippen LogP contribution in [-0.2, 0) is 4.79 Å². The summed E-state index contributed by atoms with van der Waals surface area (Å²) in [5.41, 5.74) is 0.280. The largest absolute Gasteiger partial charge is 0.480 e. The van der Waals surface area contributed by atoms with E-state index in [2.05, 4.69) is 5.32 Å². The Morgan fingerprint density at radius 1 is 1.32 bits per heavy atom. The first-order valence-corrected chi connectivity index (χ1v) is 5.93. The molecule has 0 bridgehead atoms. The summed E-state index contributed by atoms with van der Waals surface area (Å²) in [5.74, 6) is -0.913. The van der Waals surface area contributed by atoms with Gasteiger partial charge in [0.2, 0.25) is 6.79 Å². The van der Waals surface area contributed by atoms with Crippen molar-refractivity contribution in [1.29, 1.82) is 0 Å². The first-order chi connectivity index (χ1) is 9.00. The highest BCUT2D eigenvalue weighted by molar-refractivity contribution is 5.99. The van der Waals surface area contributed by atoms with Crippen LogP contribution in [0.25, 0.3) is 0 Å². The molecule has 102 valence electrons. The zero-order valence-corrected chi connectivity index (χ0v) is 10.7. The fourth-order valence-electron chi connectivity index (χ4n) is 1.84. The average Bonchev–Trinajstić information content (AvgIpc) is 2.82. The second kappa shape index (κ2) is 5.17. The molecule has 1 aliphatic heterocycles. The van der Waals surface area contributed by atoms with E-state index in [9.17, 15) is 9.59 Å². The molecule has 1 aliphatic rings. The van der Waals surface area contributed by atoms with Crippen molar-refractivity contribution in [3.8, 4) is 11.5 Å². The zero-order valence-electron chi connectivity index (χ0n) is 10.7. The van der Waals surface area contributed by atoms with E-state index in [-0.39, 0.29) is 18.3 Å². The summed E-state index contributed by atoms with van der Waals surface area (Å²) >= 11 is 0. The number of carbonyl (C=O) groups is 2. The number of carboxylic acids is 1. The van der Waals surface area contributed by atoms with Gasteiger partial charge in [-0.25, -0.2) is 4.79 Å². The molecule has 1 atom stereocenters. The van der Waals surface area contributed by atoms with Gasteiger partial charge in [0.1, 0.15) is 6.04 Å². The predicted molar refractivity (Wildman–Crippen MR) is 66.3 cm³/mol. The smallest absolute Gasteiger partial charge is 0.326 e. The number of fused-ring (bicyclic) bond motifs is 1. The Bertz CT molecular complexity index is 512. The molecule has 0 radical (unpaired) electrons. The van der Waals surface area contributed by atoms with Gasteiger partial charge < -0.3 is 19.9 Å². The van der Waals surface area contributed by atoms with Crippen molar-refractivity contribution in [1.82, 2.24) is 5.32 Å². The molecule has 6 heteroatoms. The number of amides is 1. The van der Waals surface area contributed by atoms with Crippen LogP contribution >= 0.6 is 0 Å². The monoisotopic (exact) mass is 265 g/mol. The third kappa shape index (κ3) is 2.62. The van der Waals surface area contributed by atoms with Crippen LogP contribution in [0.1, 0.15) is 24.2 Å². The number of hydrogen-bond donors (Lipinski definition) is 2. The van der Waals surface area contributed by atoms with Crippen LogP contribution in [0, 0.1) is 5.92 Å². The molecule has 1 aromatic carbocycles. The highest BCUT2D eigenvalue weighted by Gasteiger charge is 2.27. The molecule has 0 spiro atoms. The summed E-state index contributed by atoms with van der Waals surface area (Å²) in [4.78, 5) is 23.2. The molecular weight excluding hydrogens is 250 g/mol. The van der Waals surface area contributed by atoms with Crippen molar-refractivity contribution in [3.63, 3.8) is 0 Å². The second-order valence-electron chi connectivity index (χ2n) is 4.57. The van der Waals surface area contributed by atoms with Crippen molar-refractivity contribution in [2.75, 3.05) is 6.79 Å². The van der Waals surface area contributed by atoms with Crippen LogP contribution in [0.4, 0.5) is 0 Å². The van der Waals surface area contributed by atoms with Crippen molar-refractivity contribution in [3.05, 3.63) is 23.8 Å². The molecule has 6 nitrogen and oxygen atoms in total. The number of benzene rings is 1. The number of hydrogen-bond acceptors (Lipinski definition) is 4. The SMILES string of the molecule is CC(C)[C@H](NC(=O)c1cccc2c1OCO2)C(=O)O. The van der Waals surface area contributed by atoms with Gasteiger partial charge in [-0.05, 0) is 18.1 Å². The van der Waals surface area contributed by atoms with Crippen LogP contribution in [0.5, 0.6) is 11.5 Å². The van der Waals surface area contributed by atoms with Crippen LogP contribution < -0.4 is 14.8 Å². The number of nitrogens with one attached hydrogen (secondary N) is 1. The van der Waals surface area contributed by atoms with Gasteiger partial charge in [0.25, 0.3) is 5.91 Å². The molecule has 1 aromatic rings. The predicted octanol–water partition coefficient (Wildman–Crippen LogP) is 1.25. The molecule has 2 rings (SSSR count). The lowest BCUT2D eigenvalue weighted by molar-refractivity contribution is -0.140. The van der Waals surface area contributed by atoms with E-state index in [4.69, 9.17) is 14.6 Å². The van der Waals surface area contributed by atoms with Gasteiger partial charge in [-0.3, -0.25) is 4.79 Å². The van der Waals surface area contributed by atoms with Crippen molar-refractivity contribution in [2.24, 2.45) is 5.92 Å². The molecule has 19 heavy (non-hydrogen) atoms. The summed E-state index contributed by atoms with van der Waals surface area (Å²) in [6, 6.07) is 3.98. The van der Waals surface area contributed by atoms with Gasteiger partial charge in [0, 0.05) is 0 Å².